The molecule has 4 amide bonds. The number of likely N-dealkylation sites (tertiary alicyclic amines) is 2. The summed E-state index contributed by atoms with van der Waals surface area (Å²) >= 11 is 0. The number of imidazole rings is 2. The van der Waals surface area contributed by atoms with Gasteiger partial charge in [-0.25, -0.2) is 19.6 Å². The Morgan fingerprint density at radius 2 is 1.29 bits per heavy atom. The lowest BCUT2D eigenvalue weighted by atomic mass is 9.62. The number of carbonyl (C=O) groups is 4. The van der Waals surface area contributed by atoms with Gasteiger partial charge in [0, 0.05) is 23.6 Å². The summed E-state index contributed by atoms with van der Waals surface area (Å²) in [6.45, 7) is 7.82. The summed E-state index contributed by atoms with van der Waals surface area (Å²) in [7, 11) is 2.57. The number of benzene rings is 3. The minimum absolute atomic E-state index is 0.0147. The van der Waals surface area contributed by atoms with Crippen molar-refractivity contribution in [3.63, 3.8) is 0 Å². The normalized spacial score (nSPS) is 24.3. The van der Waals surface area contributed by atoms with Gasteiger partial charge in [-0.05, 0) is 83.0 Å². The van der Waals surface area contributed by atoms with Gasteiger partial charge in [0.25, 0.3) is 0 Å². The van der Waals surface area contributed by atoms with Crippen molar-refractivity contribution in [2.45, 2.75) is 83.6 Å². The number of amides is 4. The first-order valence-electron chi connectivity index (χ1n) is 21.8. The van der Waals surface area contributed by atoms with E-state index in [2.05, 4.69) is 86.3 Å². The van der Waals surface area contributed by atoms with Crippen LogP contribution in [0, 0.1) is 40.4 Å². The Morgan fingerprint density at radius 3 is 1.90 bits per heavy atom. The van der Waals surface area contributed by atoms with E-state index >= 15 is 0 Å². The molecule has 5 aromatic rings. The highest BCUT2D eigenvalue weighted by atomic mass is 16.5. The second-order valence-electron chi connectivity index (χ2n) is 18.5. The van der Waals surface area contributed by atoms with Crippen molar-refractivity contribution in [2.75, 3.05) is 20.8 Å². The molecular weight excluding hydrogens is 799 g/mol. The summed E-state index contributed by atoms with van der Waals surface area (Å²) in [5.41, 5.74) is 5.76. The van der Waals surface area contributed by atoms with Crippen molar-refractivity contribution >= 4 is 34.8 Å². The summed E-state index contributed by atoms with van der Waals surface area (Å²) in [6.07, 6.45) is 5.91. The highest BCUT2D eigenvalue weighted by molar-refractivity contribution is 5.91. The highest BCUT2D eigenvalue weighted by Gasteiger charge is 2.71. The van der Waals surface area contributed by atoms with Crippen molar-refractivity contribution < 1.29 is 28.7 Å². The number of hydrogen-bond acceptors (Lipinski definition) is 9. The molecule has 4 N–H and O–H groups in total. The average molecular weight is 852 g/mol. The Labute approximate surface area is 365 Å². The first-order chi connectivity index (χ1) is 30.3. The molecule has 2 aromatic heterocycles. The lowest BCUT2D eigenvalue weighted by Gasteiger charge is -2.53. The van der Waals surface area contributed by atoms with Crippen LogP contribution in [-0.4, -0.2) is 92.6 Å². The number of rotatable bonds is 11. The largest absolute Gasteiger partial charge is 0.453 e. The maximum absolute atomic E-state index is 14.1. The molecule has 2 aliphatic heterocycles. The standard InChI is InChI=1S/C48H53N9O6/c1-25(2)39(54-46(60)62-5)44(58)56-24-27(21-49)15-37(56)42-50-23-36(52-42)33-14-13-31-16-30(11-12-32(31)17-33)28-7-9-29(10-8-28)35-22-51-43(53-35)41-48-18-34(19-48)38(20-48)57(41)45(59)40(26(3)4)55-47(61)63-6/h7-14,16-17,22-23,25-27,34,37-41H,15,18-20,24H2,1-6H3,(H,50,52)(H,51,53)(H,54,60)(H,55,61)/t27-,34?,37+,38+,39+,40+,41-,48?/m1/s1. The van der Waals surface area contributed by atoms with Gasteiger partial charge < -0.3 is 39.9 Å². The summed E-state index contributed by atoms with van der Waals surface area (Å²) in [4.78, 5) is 72.4. The van der Waals surface area contributed by atoms with Crippen LogP contribution in [-0.2, 0) is 19.1 Å². The minimum atomic E-state index is -0.809. The van der Waals surface area contributed by atoms with Gasteiger partial charge in [-0.1, -0.05) is 76.2 Å². The highest BCUT2D eigenvalue weighted by Crippen LogP contribution is 2.73. The van der Waals surface area contributed by atoms with Gasteiger partial charge in [-0.2, -0.15) is 5.26 Å². The van der Waals surface area contributed by atoms with Crippen molar-refractivity contribution in [1.82, 2.24) is 40.4 Å². The number of aromatic amines is 2. The van der Waals surface area contributed by atoms with Crippen LogP contribution in [0.2, 0.25) is 0 Å². The molecule has 1 spiro atoms. The quantitative estimate of drug-likeness (QED) is 0.104. The third-order valence-electron chi connectivity index (χ3n) is 14.0. The summed E-state index contributed by atoms with van der Waals surface area (Å²) in [6, 6.07) is 21.3. The van der Waals surface area contributed by atoms with E-state index in [1.54, 1.807) is 11.1 Å². The average Bonchev–Trinajstić information content (AvgIpc) is 4.15. The monoisotopic (exact) mass is 851 g/mol. The van der Waals surface area contributed by atoms with Crippen molar-refractivity contribution in [3.8, 4) is 39.7 Å². The fourth-order valence-corrected chi connectivity index (χ4v) is 10.7. The molecule has 10 rings (SSSR count). The Hall–Kier alpha value is -6.69. The Morgan fingerprint density at radius 1 is 0.746 bits per heavy atom. The number of fused-ring (bicyclic) bond motifs is 1. The van der Waals surface area contributed by atoms with Crippen LogP contribution >= 0.6 is 0 Å². The summed E-state index contributed by atoms with van der Waals surface area (Å²) in [5.74, 6) is 0.851. The second kappa shape index (κ2) is 16.2. The topological polar surface area (TPSA) is 198 Å². The van der Waals surface area contributed by atoms with Gasteiger partial charge in [0.15, 0.2) is 0 Å². The fraction of sp³-hybridized carbons (Fsp3) is 0.438. The van der Waals surface area contributed by atoms with Gasteiger partial charge in [0.1, 0.15) is 23.7 Å². The van der Waals surface area contributed by atoms with Crippen LogP contribution in [0.3, 0.4) is 0 Å². The Kier molecular flexibility index (Phi) is 10.7. The Bertz CT molecular complexity index is 2620. The molecule has 3 aliphatic carbocycles. The van der Waals surface area contributed by atoms with Crippen molar-refractivity contribution in [2.24, 2.45) is 29.1 Å². The third kappa shape index (κ3) is 7.34. The molecular formula is C48H53N9O6. The molecule has 63 heavy (non-hydrogen) atoms. The lowest BCUT2D eigenvalue weighted by Crippen LogP contribution is -2.59. The van der Waals surface area contributed by atoms with E-state index in [0.29, 0.717) is 18.2 Å². The predicted molar refractivity (Wildman–Crippen MR) is 234 cm³/mol. The van der Waals surface area contributed by atoms with E-state index in [9.17, 15) is 24.4 Å². The fourth-order valence-electron chi connectivity index (χ4n) is 10.7. The summed E-state index contributed by atoms with van der Waals surface area (Å²) in [5, 5.41) is 17.4. The van der Waals surface area contributed by atoms with Crippen LogP contribution in [0.4, 0.5) is 9.59 Å². The number of ether oxygens (including phenoxy) is 2. The van der Waals surface area contributed by atoms with E-state index in [1.165, 1.54) is 14.2 Å². The van der Waals surface area contributed by atoms with Crippen LogP contribution in [0.5, 0.6) is 0 Å². The third-order valence-corrected chi connectivity index (χ3v) is 14.0. The molecule has 5 fully saturated rings. The second-order valence-corrected chi connectivity index (χ2v) is 18.5. The molecule has 2 saturated heterocycles. The SMILES string of the molecule is COC(=O)N[C@H](C(=O)N1C[C@@H](C#N)C[C@H]1c1ncc(-c2ccc3cc(-c4ccc(-c5cnc([C@H]6N(C(=O)[C@@H](NC(=O)OC)C(C)C)[C@H]7CC68CC7C8)[nH]5)cc4)ccc3c2)[nH]1)C(C)C. The number of nitriles is 1. The number of nitrogens with one attached hydrogen (secondary N) is 4. The van der Waals surface area contributed by atoms with E-state index in [1.807, 2.05) is 44.9 Å². The smallest absolute Gasteiger partial charge is 0.407 e. The van der Waals surface area contributed by atoms with E-state index < -0.39 is 30.3 Å². The number of methoxy groups -OCH3 is 2. The maximum Gasteiger partial charge on any atom is 0.407 e. The lowest BCUT2D eigenvalue weighted by molar-refractivity contribution is -0.148. The molecule has 5 aliphatic rings. The van der Waals surface area contributed by atoms with Crippen LogP contribution in [0.1, 0.15) is 77.1 Å². The number of carbonyl (C=O) groups excluding carboxylic acids is 4. The molecule has 326 valence electrons. The number of hydrogen-bond donors (Lipinski definition) is 4. The van der Waals surface area contributed by atoms with E-state index in [4.69, 9.17) is 14.5 Å². The number of H-pyrrole nitrogens is 2. The van der Waals surface area contributed by atoms with E-state index in [-0.39, 0.29) is 53.6 Å². The zero-order valence-corrected chi connectivity index (χ0v) is 36.3. The van der Waals surface area contributed by atoms with Crippen LogP contribution in [0.25, 0.3) is 44.4 Å². The van der Waals surface area contributed by atoms with Crippen molar-refractivity contribution in [3.05, 3.63) is 84.7 Å². The molecule has 3 saturated carbocycles. The maximum atomic E-state index is 14.1. The molecule has 3 bridgehead atoms. The molecule has 0 unspecified atom stereocenters. The van der Waals surface area contributed by atoms with Crippen molar-refractivity contribution in [1.29, 1.82) is 5.26 Å². The first-order valence-corrected chi connectivity index (χ1v) is 21.8. The minimum Gasteiger partial charge on any atom is -0.453 e. The van der Waals surface area contributed by atoms with Crippen LogP contribution in [0.15, 0.2) is 73.1 Å². The molecule has 0 radical (unpaired) electrons. The van der Waals surface area contributed by atoms with Gasteiger partial charge in [0.2, 0.25) is 11.8 Å². The number of nitrogens with zero attached hydrogens (tertiary/aromatic N) is 5. The zero-order valence-electron chi connectivity index (χ0n) is 36.3. The number of piperidine rings is 2. The molecule has 3 aromatic carbocycles. The summed E-state index contributed by atoms with van der Waals surface area (Å²) < 4.78 is 9.62. The van der Waals surface area contributed by atoms with E-state index in [0.717, 1.165) is 69.5 Å². The molecule has 6 atom stereocenters. The Balaban J connectivity index is 0.901. The molecule has 4 heterocycles. The van der Waals surface area contributed by atoms with Gasteiger partial charge in [-0.3, -0.25) is 9.59 Å². The molecule has 15 heteroatoms. The van der Waals surface area contributed by atoms with Gasteiger partial charge >= 0.3 is 12.2 Å². The van der Waals surface area contributed by atoms with Gasteiger partial charge in [0.05, 0.1) is 62.1 Å². The van der Waals surface area contributed by atoms with Crippen LogP contribution < -0.4 is 10.6 Å². The van der Waals surface area contributed by atoms with Gasteiger partial charge in [-0.15, -0.1) is 0 Å². The predicted octanol–water partition coefficient (Wildman–Crippen LogP) is 7.51. The number of alkyl carbamates (subject to hydrolysis) is 2. The number of aromatic nitrogens is 4. The first kappa shape index (κ1) is 41.7. The molecule has 15 nitrogen and oxygen atoms in total. The zero-order chi connectivity index (χ0) is 44.3.